The van der Waals surface area contributed by atoms with Crippen LogP contribution in [0.15, 0.2) is 4.79 Å². The summed E-state index contributed by atoms with van der Waals surface area (Å²) in [6, 6.07) is 0. The maximum absolute atomic E-state index is 11.7. The van der Waals surface area contributed by atoms with Gasteiger partial charge in [0.2, 0.25) is 5.95 Å². The predicted octanol–water partition coefficient (Wildman–Crippen LogP) is -4.10. The van der Waals surface area contributed by atoms with Crippen molar-refractivity contribution in [2.24, 2.45) is 0 Å². The summed E-state index contributed by atoms with van der Waals surface area (Å²) < 4.78 is 7.18. The van der Waals surface area contributed by atoms with Crippen LogP contribution in [0.2, 0.25) is 0 Å². The molecule has 12 heteroatoms. The van der Waals surface area contributed by atoms with Crippen molar-refractivity contribution in [3.05, 3.63) is 10.4 Å². The number of hydrogen-bond donors (Lipinski definition) is 5. The minimum Gasteiger partial charge on any atom is -0.394 e. The van der Waals surface area contributed by atoms with E-state index in [0.717, 1.165) is 9.36 Å². The van der Waals surface area contributed by atoms with E-state index in [0.29, 0.717) is 0 Å². The number of anilines is 1. The molecule has 3 heterocycles. The van der Waals surface area contributed by atoms with E-state index in [2.05, 4.69) is 15.3 Å². The van der Waals surface area contributed by atoms with Crippen LogP contribution in [0, 0.1) is 0 Å². The highest BCUT2D eigenvalue weighted by Crippen LogP contribution is 2.30. The van der Waals surface area contributed by atoms with Gasteiger partial charge in [-0.05, 0) is 0 Å². The Morgan fingerprint density at radius 2 is 2.05 bits per heavy atom. The number of hydrogen-bond acceptors (Lipinski definition) is 10. The Balaban J connectivity index is 2.16. The van der Waals surface area contributed by atoms with Crippen LogP contribution in [-0.4, -0.2) is 64.9 Å². The first-order valence-corrected chi connectivity index (χ1v) is 5.96. The van der Waals surface area contributed by atoms with Crippen LogP contribution >= 0.6 is 0 Å². The van der Waals surface area contributed by atoms with Crippen LogP contribution in [0.5, 0.6) is 0 Å². The number of aromatic nitrogens is 5. The highest BCUT2D eigenvalue weighted by Gasteiger charge is 2.45. The molecular weight excluding hydrogens is 286 g/mol. The van der Waals surface area contributed by atoms with Crippen LogP contribution in [0.25, 0.3) is 11.2 Å². The Labute approximate surface area is 116 Å². The third-order valence-corrected chi connectivity index (χ3v) is 3.32. The molecule has 1 fully saturated rings. The molecule has 0 saturated carbocycles. The second-order valence-electron chi connectivity index (χ2n) is 4.58. The van der Waals surface area contributed by atoms with Gasteiger partial charge in [-0.25, -0.2) is 4.68 Å². The average molecular weight is 299 g/mol. The molecule has 21 heavy (non-hydrogen) atoms. The van der Waals surface area contributed by atoms with Crippen LogP contribution in [0.1, 0.15) is 6.23 Å². The van der Waals surface area contributed by atoms with Crippen molar-refractivity contribution in [2.45, 2.75) is 24.5 Å². The number of fused-ring (bicyclic) bond motifs is 1. The highest BCUT2D eigenvalue weighted by molar-refractivity contribution is 5.70. The lowest BCUT2D eigenvalue weighted by molar-refractivity contribution is -0.0576. The zero-order valence-corrected chi connectivity index (χ0v) is 10.6. The smallest absolute Gasteiger partial charge is 0.304 e. The second-order valence-corrected chi connectivity index (χ2v) is 4.58. The first-order chi connectivity index (χ1) is 9.95. The van der Waals surface area contributed by atoms with Gasteiger partial charge in [0.15, 0.2) is 17.4 Å². The molecule has 2 aromatic heterocycles. The van der Waals surface area contributed by atoms with E-state index in [9.17, 15) is 15.0 Å². The van der Waals surface area contributed by atoms with Gasteiger partial charge in [-0.1, -0.05) is 5.21 Å². The van der Waals surface area contributed by atoms with Gasteiger partial charge in [-0.15, -0.1) is 5.10 Å². The molecule has 114 valence electrons. The number of nitrogens with zero attached hydrogens (tertiary/aromatic N) is 5. The molecule has 1 saturated heterocycles. The molecule has 1 aliphatic rings. The standard InChI is InChI=1S/C9H13N7O5/c10-9-12-6(20)3-7(15(9)11)16(14-13-3)8-5(19)4(18)2(1-17)21-8/h2,4-5,8,17-19H,1,11H2,(H2,10,12,20)/t2-,4?,5?,8-/m0/s1. The molecular formula is C9H13N7O5. The largest absolute Gasteiger partial charge is 0.394 e. The van der Waals surface area contributed by atoms with E-state index >= 15 is 0 Å². The fraction of sp³-hybridized carbons (Fsp3) is 0.556. The van der Waals surface area contributed by atoms with Gasteiger partial charge in [-0.3, -0.25) is 4.79 Å². The summed E-state index contributed by atoms with van der Waals surface area (Å²) in [6.45, 7) is -0.500. The van der Waals surface area contributed by atoms with Crippen molar-refractivity contribution < 1.29 is 20.1 Å². The summed E-state index contributed by atoms with van der Waals surface area (Å²) in [5.74, 6) is 5.41. The van der Waals surface area contributed by atoms with Gasteiger partial charge in [-0.2, -0.15) is 9.67 Å². The zero-order valence-electron chi connectivity index (χ0n) is 10.6. The lowest BCUT2D eigenvalue weighted by atomic mass is 10.1. The van der Waals surface area contributed by atoms with E-state index in [1.54, 1.807) is 0 Å². The number of aliphatic hydroxyl groups is 3. The van der Waals surface area contributed by atoms with E-state index in [-0.39, 0.29) is 17.1 Å². The zero-order chi connectivity index (χ0) is 15.3. The number of nitrogen functional groups attached to an aromatic ring is 2. The molecule has 0 aromatic carbocycles. The molecule has 0 radical (unpaired) electrons. The minimum absolute atomic E-state index is 0.0256. The van der Waals surface area contributed by atoms with Crippen LogP contribution in [0.4, 0.5) is 5.95 Å². The summed E-state index contributed by atoms with van der Waals surface area (Å²) in [4.78, 5) is 15.1. The van der Waals surface area contributed by atoms with Gasteiger partial charge in [0.25, 0.3) is 0 Å². The first kappa shape index (κ1) is 13.7. The lowest BCUT2D eigenvalue weighted by Crippen LogP contribution is -2.33. The Morgan fingerprint density at radius 1 is 1.33 bits per heavy atom. The summed E-state index contributed by atoms with van der Waals surface area (Å²) in [7, 11) is 0. The molecule has 0 bridgehead atoms. The SMILES string of the molecule is Nc1nc(=O)c2nnn([C@H]3O[C@@H](CO)C(O)C3O)c2n1N. The van der Waals surface area contributed by atoms with Crippen LogP contribution in [0.3, 0.4) is 0 Å². The summed E-state index contributed by atoms with van der Waals surface area (Å²) in [5.41, 5.74) is 4.57. The van der Waals surface area contributed by atoms with E-state index in [4.69, 9.17) is 21.4 Å². The normalized spacial score (nSPS) is 29.3. The van der Waals surface area contributed by atoms with Gasteiger partial charge in [0, 0.05) is 0 Å². The molecule has 0 aliphatic carbocycles. The molecule has 3 rings (SSSR count). The molecule has 2 aromatic rings. The van der Waals surface area contributed by atoms with Crippen molar-refractivity contribution in [3.8, 4) is 0 Å². The van der Waals surface area contributed by atoms with Gasteiger partial charge < -0.3 is 31.6 Å². The van der Waals surface area contributed by atoms with Crippen molar-refractivity contribution >= 4 is 17.1 Å². The van der Waals surface area contributed by atoms with Crippen LogP contribution < -0.4 is 17.1 Å². The van der Waals surface area contributed by atoms with Crippen molar-refractivity contribution in [3.63, 3.8) is 0 Å². The molecule has 0 spiro atoms. The first-order valence-electron chi connectivity index (χ1n) is 5.96. The average Bonchev–Trinajstić information content (AvgIpc) is 3.00. The third-order valence-electron chi connectivity index (χ3n) is 3.32. The van der Waals surface area contributed by atoms with Crippen molar-refractivity contribution in [1.29, 1.82) is 0 Å². The summed E-state index contributed by atoms with van der Waals surface area (Å²) in [6.07, 6.45) is -4.90. The van der Waals surface area contributed by atoms with Crippen molar-refractivity contribution in [2.75, 3.05) is 18.2 Å². The molecule has 0 amide bonds. The summed E-state index contributed by atoms with van der Waals surface area (Å²) >= 11 is 0. The van der Waals surface area contributed by atoms with E-state index in [1.807, 2.05) is 0 Å². The maximum Gasteiger partial charge on any atom is 0.304 e. The van der Waals surface area contributed by atoms with Gasteiger partial charge in [0.1, 0.15) is 18.3 Å². The predicted molar refractivity (Wildman–Crippen MR) is 67.2 cm³/mol. The molecule has 7 N–H and O–H groups in total. The molecule has 4 atom stereocenters. The Kier molecular flexibility index (Phi) is 3.02. The number of ether oxygens (including phenoxy) is 1. The Morgan fingerprint density at radius 3 is 2.67 bits per heavy atom. The topological polar surface area (TPSA) is 188 Å². The molecule has 1 aliphatic heterocycles. The minimum atomic E-state index is -1.39. The maximum atomic E-state index is 11.7. The number of nitrogens with two attached hydrogens (primary N) is 2. The van der Waals surface area contributed by atoms with E-state index < -0.39 is 36.7 Å². The van der Waals surface area contributed by atoms with Gasteiger partial charge in [0.05, 0.1) is 6.61 Å². The Hall–Kier alpha value is -2.28. The van der Waals surface area contributed by atoms with Gasteiger partial charge >= 0.3 is 5.56 Å². The van der Waals surface area contributed by atoms with Crippen LogP contribution in [-0.2, 0) is 4.74 Å². The van der Waals surface area contributed by atoms with E-state index in [1.165, 1.54) is 0 Å². The monoisotopic (exact) mass is 299 g/mol. The highest BCUT2D eigenvalue weighted by atomic mass is 16.6. The second kappa shape index (κ2) is 4.63. The van der Waals surface area contributed by atoms with Crippen molar-refractivity contribution in [1.82, 2.24) is 24.7 Å². The molecule has 2 unspecified atom stereocenters. The third kappa shape index (κ3) is 1.84. The fourth-order valence-corrected chi connectivity index (χ4v) is 2.22. The molecule has 12 nitrogen and oxygen atoms in total. The fourth-order valence-electron chi connectivity index (χ4n) is 2.22. The Bertz CT molecular complexity index is 742. The quantitative estimate of drug-likeness (QED) is 0.341. The number of rotatable bonds is 2. The number of aliphatic hydroxyl groups excluding tert-OH is 3. The summed E-state index contributed by atoms with van der Waals surface area (Å²) in [5, 5.41) is 36.1. The lowest BCUT2D eigenvalue weighted by Gasteiger charge is -2.16.